The van der Waals surface area contributed by atoms with Crippen LogP contribution >= 0.6 is 23.2 Å². The highest BCUT2D eigenvalue weighted by Gasteiger charge is 2.34. The topological polar surface area (TPSA) is 86.8 Å². The van der Waals surface area contributed by atoms with Crippen LogP contribution in [0.15, 0.2) is 77.7 Å². The summed E-state index contributed by atoms with van der Waals surface area (Å²) in [4.78, 5) is 28.5. The van der Waals surface area contributed by atoms with Crippen LogP contribution in [0.5, 0.6) is 0 Å². The van der Waals surface area contributed by atoms with Gasteiger partial charge < -0.3 is 10.2 Å². The second-order valence-corrected chi connectivity index (χ2v) is 12.9. The van der Waals surface area contributed by atoms with E-state index in [0.717, 1.165) is 4.31 Å². The molecule has 0 fully saturated rings. The minimum atomic E-state index is -4.14. The fraction of sp³-hybridized carbons (Fsp3) is 0.310. The smallest absolute Gasteiger partial charge is 0.264 e. The van der Waals surface area contributed by atoms with Crippen molar-refractivity contribution in [3.63, 3.8) is 0 Å². The van der Waals surface area contributed by atoms with Gasteiger partial charge in [0.05, 0.1) is 10.6 Å². The summed E-state index contributed by atoms with van der Waals surface area (Å²) in [5.41, 5.74) is 0.936. The van der Waals surface area contributed by atoms with Crippen molar-refractivity contribution in [1.29, 1.82) is 0 Å². The monoisotopic (exact) mass is 589 g/mol. The highest BCUT2D eigenvalue weighted by Crippen LogP contribution is 2.29. The quantitative estimate of drug-likeness (QED) is 0.340. The third-order valence-electron chi connectivity index (χ3n) is 6.05. The van der Waals surface area contributed by atoms with Gasteiger partial charge in [0.2, 0.25) is 11.8 Å². The maximum Gasteiger partial charge on any atom is 0.264 e. The molecule has 39 heavy (non-hydrogen) atoms. The SMILES string of the molecule is Cc1ccccc1N(CC(=O)N(Cc1c(Cl)cccc1Cl)C(C)C(=O)NC(C)(C)C)S(=O)(=O)c1ccccc1. The summed E-state index contributed by atoms with van der Waals surface area (Å²) in [5, 5.41) is 3.55. The summed E-state index contributed by atoms with van der Waals surface area (Å²) in [6, 6.07) is 18.8. The molecule has 1 N–H and O–H groups in total. The van der Waals surface area contributed by atoms with Crippen LogP contribution in [0, 0.1) is 6.92 Å². The van der Waals surface area contributed by atoms with Gasteiger partial charge in [-0.2, -0.15) is 0 Å². The molecule has 10 heteroatoms. The largest absolute Gasteiger partial charge is 0.350 e. The molecule has 0 spiro atoms. The van der Waals surface area contributed by atoms with Crippen molar-refractivity contribution < 1.29 is 18.0 Å². The number of rotatable bonds is 9. The molecule has 1 unspecified atom stereocenters. The van der Waals surface area contributed by atoms with Crippen LogP contribution in [0.2, 0.25) is 10.0 Å². The average molecular weight is 591 g/mol. The molecule has 1 atom stereocenters. The number of benzene rings is 3. The first-order valence-electron chi connectivity index (χ1n) is 12.4. The number of para-hydroxylation sites is 1. The Morgan fingerprint density at radius 3 is 2.03 bits per heavy atom. The zero-order valence-corrected chi connectivity index (χ0v) is 24.9. The van der Waals surface area contributed by atoms with Gasteiger partial charge in [0.1, 0.15) is 12.6 Å². The number of hydrogen-bond acceptors (Lipinski definition) is 4. The molecule has 3 rings (SSSR count). The molecule has 0 bridgehead atoms. The molecule has 0 radical (unpaired) electrons. The number of carbonyl (C=O) groups excluding carboxylic acids is 2. The molecule has 208 valence electrons. The molecule has 0 aliphatic heterocycles. The van der Waals surface area contributed by atoms with Gasteiger partial charge in [-0.05, 0) is 70.5 Å². The predicted molar refractivity (Wildman–Crippen MR) is 157 cm³/mol. The van der Waals surface area contributed by atoms with E-state index in [4.69, 9.17) is 23.2 Å². The van der Waals surface area contributed by atoms with Gasteiger partial charge in [-0.3, -0.25) is 13.9 Å². The zero-order valence-electron chi connectivity index (χ0n) is 22.6. The Kier molecular flexibility index (Phi) is 9.69. The standard InChI is InChI=1S/C29H33Cl2N3O4S/c1-20-12-9-10-17-26(20)34(39(37,38)22-13-7-6-8-14-22)19-27(35)33(21(2)28(36)32-29(3,4)5)18-23-24(30)15-11-16-25(23)31/h6-17,21H,18-19H2,1-5H3,(H,32,36). The Morgan fingerprint density at radius 2 is 1.46 bits per heavy atom. The number of aryl methyl sites for hydroxylation is 1. The van der Waals surface area contributed by atoms with Gasteiger partial charge >= 0.3 is 0 Å². The van der Waals surface area contributed by atoms with E-state index in [1.807, 2.05) is 20.8 Å². The maximum atomic E-state index is 14.0. The zero-order chi connectivity index (χ0) is 29.0. The van der Waals surface area contributed by atoms with Crippen LogP contribution < -0.4 is 9.62 Å². The van der Waals surface area contributed by atoms with E-state index in [1.54, 1.807) is 74.5 Å². The molecule has 3 aromatic rings. The van der Waals surface area contributed by atoms with E-state index in [-0.39, 0.29) is 11.4 Å². The Labute approximate surface area is 240 Å². The van der Waals surface area contributed by atoms with Crippen LogP contribution in [0.3, 0.4) is 0 Å². The van der Waals surface area contributed by atoms with Gasteiger partial charge in [0, 0.05) is 27.7 Å². The van der Waals surface area contributed by atoms with E-state index in [2.05, 4.69) is 5.32 Å². The molecule has 3 aromatic carbocycles. The van der Waals surface area contributed by atoms with E-state index < -0.39 is 40.0 Å². The molecule has 0 aromatic heterocycles. The Hall–Kier alpha value is -3.07. The van der Waals surface area contributed by atoms with Crippen molar-refractivity contribution in [3.8, 4) is 0 Å². The van der Waals surface area contributed by atoms with E-state index in [0.29, 0.717) is 26.9 Å². The third-order valence-corrected chi connectivity index (χ3v) is 8.53. The number of sulfonamides is 1. The lowest BCUT2D eigenvalue weighted by molar-refractivity contribution is -0.140. The summed E-state index contributed by atoms with van der Waals surface area (Å²) in [5.74, 6) is -0.988. The number of carbonyl (C=O) groups is 2. The number of hydrogen-bond donors (Lipinski definition) is 1. The van der Waals surface area contributed by atoms with E-state index >= 15 is 0 Å². The lowest BCUT2D eigenvalue weighted by Crippen LogP contribution is -2.54. The van der Waals surface area contributed by atoms with E-state index in [9.17, 15) is 18.0 Å². The van der Waals surface area contributed by atoms with Crippen molar-refractivity contribution in [2.75, 3.05) is 10.8 Å². The highest BCUT2D eigenvalue weighted by atomic mass is 35.5. The summed E-state index contributed by atoms with van der Waals surface area (Å²) in [6.45, 7) is 8.23. The lowest BCUT2D eigenvalue weighted by Gasteiger charge is -2.34. The second kappa shape index (κ2) is 12.4. The van der Waals surface area contributed by atoms with Crippen molar-refractivity contribution in [3.05, 3.63) is 94.0 Å². The van der Waals surface area contributed by atoms with Crippen molar-refractivity contribution in [2.24, 2.45) is 0 Å². The third kappa shape index (κ3) is 7.53. The number of anilines is 1. The minimum absolute atomic E-state index is 0.0419. The Morgan fingerprint density at radius 1 is 0.897 bits per heavy atom. The first kappa shape index (κ1) is 30.5. The van der Waals surface area contributed by atoms with Crippen LogP contribution in [0.1, 0.15) is 38.8 Å². The first-order valence-corrected chi connectivity index (χ1v) is 14.6. The summed E-state index contributed by atoms with van der Waals surface area (Å²) in [6.07, 6.45) is 0. The predicted octanol–water partition coefficient (Wildman–Crippen LogP) is 5.83. The Balaban J connectivity index is 2.08. The molecule has 0 heterocycles. The van der Waals surface area contributed by atoms with Crippen molar-refractivity contribution >= 4 is 50.7 Å². The van der Waals surface area contributed by atoms with Crippen LogP contribution in [0.4, 0.5) is 5.69 Å². The van der Waals surface area contributed by atoms with Gasteiger partial charge in [0.25, 0.3) is 10.0 Å². The summed E-state index contributed by atoms with van der Waals surface area (Å²) in [7, 11) is -4.14. The molecule has 0 saturated carbocycles. The normalized spacial score (nSPS) is 12.5. The fourth-order valence-electron chi connectivity index (χ4n) is 3.99. The second-order valence-electron chi connectivity index (χ2n) is 10.2. The molecule has 0 saturated heterocycles. The molecule has 0 aliphatic carbocycles. The van der Waals surface area contributed by atoms with Crippen LogP contribution in [-0.2, 0) is 26.2 Å². The van der Waals surface area contributed by atoms with Gasteiger partial charge in [-0.25, -0.2) is 8.42 Å². The fourth-order valence-corrected chi connectivity index (χ4v) is 6.00. The van der Waals surface area contributed by atoms with Crippen molar-refractivity contribution in [1.82, 2.24) is 10.2 Å². The molecular formula is C29H33Cl2N3O4S. The molecule has 0 aliphatic rings. The van der Waals surface area contributed by atoms with Crippen molar-refractivity contribution in [2.45, 2.75) is 57.6 Å². The Bertz CT molecular complexity index is 1420. The molecule has 2 amide bonds. The maximum absolute atomic E-state index is 14.0. The number of amides is 2. The molecular weight excluding hydrogens is 557 g/mol. The van der Waals surface area contributed by atoms with E-state index in [1.165, 1.54) is 17.0 Å². The summed E-state index contributed by atoms with van der Waals surface area (Å²) >= 11 is 12.8. The van der Waals surface area contributed by atoms with Crippen LogP contribution in [0.25, 0.3) is 0 Å². The minimum Gasteiger partial charge on any atom is -0.350 e. The first-order chi connectivity index (χ1) is 18.2. The van der Waals surface area contributed by atoms with Gasteiger partial charge in [-0.1, -0.05) is 65.7 Å². The lowest BCUT2D eigenvalue weighted by atomic mass is 10.1. The summed E-state index contributed by atoms with van der Waals surface area (Å²) < 4.78 is 28.7. The average Bonchev–Trinajstić information content (AvgIpc) is 2.86. The number of nitrogens with zero attached hydrogens (tertiary/aromatic N) is 2. The molecule has 7 nitrogen and oxygen atoms in total. The highest BCUT2D eigenvalue weighted by molar-refractivity contribution is 7.92. The van der Waals surface area contributed by atoms with Gasteiger partial charge in [-0.15, -0.1) is 0 Å². The van der Waals surface area contributed by atoms with Gasteiger partial charge in [0.15, 0.2) is 0 Å². The number of halogens is 2. The number of nitrogens with one attached hydrogen (secondary N) is 1. The van der Waals surface area contributed by atoms with Crippen LogP contribution in [-0.4, -0.2) is 43.3 Å².